The second-order valence-corrected chi connectivity index (χ2v) is 5.12. The van der Waals surface area contributed by atoms with Crippen LogP contribution in [0.4, 0.5) is 8.78 Å². The molecule has 0 atom stereocenters. The smallest absolute Gasteiger partial charge is 0.127 e. The highest BCUT2D eigenvalue weighted by molar-refractivity contribution is 5.18. The third-order valence-electron chi connectivity index (χ3n) is 3.56. The van der Waals surface area contributed by atoms with Crippen LogP contribution >= 0.6 is 0 Å². The van der Waals surface area contributed by atoms with E-state index >= 15 is 0 Å². The lowest BCUT2D eigenvalue weighted by Gasteiger charge is -2.32. The van der Waals surface area contributed by atoms with E-state index in [4.69, 9.17) is 0 Å². The lowest BCUT2D eigenvalue weighted by Crippen LogP contribution is -2.42. The minimum Gasteiger partial charge on any atom is -0.389 e. The Morgan fingerprint density at radius 1 is 1.17 bits per heavy atom. The van der Waals surface area contributed by atoms with Gasteiger partial charge in [0.05, 0.1) is 5.60 Å². The van der Waals surface area contributed by atoms with Crippen LogP contribution in [-0.4, -0.2) is 17.3 Å². The quantitative estimate of drug-likeness (QED) is 0.867. The number of aliphatic hydroxyl groups is 1. The van der Waals surface area contributed by atoms with Gasteiger partial charge in [-0.3, -0.25) is 0 Å². The van der Waals surface area contributed by atoms with Crippen LogP contribution < -0.4 is 5.32 Å². The molecule has 0 unspecified atom stereocenters. The van der Waals surface area contributed by atoms with Gasteiger partial charge in [0.15, 0.2) is 0 Å². The Hall–Kier alpha value is -1.00. The molecule has 1 fully saturated rings. The van der Waals surface area contributed by atoms with Gasteiger partial charge in [-0.2, -0.15) is 0 Å². The van der Waals surface area contributed by atoms with Crippen LogP contribution in [0.3, 0.4) is 0 Å². The molecule has 1 aromatic carbocycles. The first-order valence-corrected chi connectivity index (χ1v) is 6.46. The molecule has 1 aromatic rings. The first-order chi connectivity index (χ1) is 8.59. The molecule has 0 aliphatic heterocycles. The van der Waals surface area contributed by atoms with Crippen LogP contribution in [0.15, 0.2) is 18.2 Å². The molecule has 1 aliphatic carbocycles. The zero-order valence-electron chi connectivity index (χ0n) is 10.4. The number of nitrogens with one attached hydrogen (secondary N) is 1. The van der Waals surface area contributed by atoms with E-state index in [0.717, 1.165) is 37.8 Å². The molecule has 0 saturated heterocycles. The summed E-state index contributed by atoms with van der Waals surface area (Å²) in [5, 5.41) is 13.3. The normalized spacial score (nSPS) is 18.8. The Labute approximate surface area is 106 Å². The van der Waals surface area contributed by atoms with E-state index in [-0.39, 0.29) is 6.54 Å². The maximum absolute atomic E-state index is 13.4. The van der Waals surface area contributed by atoms with Crippen molar-refractivity contribution in [1.82, 2.24) is 5.32 Å². The standard InChI is InChI=1S/C14H19F2NO/c15-12-4-5-13(16)11(8-12)9-17-10-14(18)6-2-1-3-7-14/h4-5,8,17-18H,1-3,6-7,9-10H2. The fourth-order valence-corrected chi connectivity index (χ4v) is 2.50. The molecule has 0 heterocycles. The SMILES string of the molecule is OC1(CNCc2cc(F)ccc2F)CCCCC1. The van der Waals surface area contributed by atoms with Gasteiger partial charge in [-0.25, -0.2) is 8.78 Å². The van der Waals surface area contributed by atoms with Crippen molar-refractivity contribution in [2.45, 2.75) is 44.2 Å². The van der Waals surface area contributed by atoms with Crippen molar-refractivity contribution >= 4 is 0 Å². The summed E-state index contributed by atoms with van der Waals surface area (Å²) >= 11 is 0. The van der Waals surface area contributed by atoms with E-state index < -0.39 is 17.2 Å². The summed E-state index contributed by atoms with van der Waals surface area (Å²) in [5.41, 5.74) is -0.378. The highest BCUT2D eigenvalue weighted by atomic mass is 19.1. The van der Waals surface area contributed by atoms with Crippen molar-refractivity contribution in [3.63, 3.8) is 0 Å². The van der Waals surface area contributed by atoms with Crippen LogP contribution in [0.25, 0.3) is 0 Å². The highest BCUT2D eigenvalue weighted by Crippen LogP contribution is 2.27. The predicted octanol–water partition coefficient (Wildman–Crippen LogP) is 2.75. The van der Waals surface area contributed by atoms with E-state index in [1.165, 1.54) is 12.5 Å². The first kappa shape index (κ1) is 13.4. The summed E-state index contributed by atoms with van der Waals surface area (Å²) < 4.78 is 26.3. The Bertz CT molecular complexity index is 403. The fraction of sp³-hybridized carbons (Fsp3) is 0.571. The van der Waals surface area contributed by atoms with E-state index in [1.807, 2.05) is 0 Å². The second kappa shape index (κ2) is 5.76. The van der Waals surface area contributed by atoms with Crippen molar-refractivity contribution in [2.75, 3.05) is 6.54 Å². The van der Waals surface area contributed by atoms with E-state index in [9.17, 15) is 13.9 Å². The van der Waals surface area contributed by atoms with Gasteiger partial charge in [-0.15, -0.1) is 0 Å². The zero-order chi connectivity index (χ0) is 13.0. The third kappa shape index (κ3) is 3.50. The van der Waals surface area contributed by atoms with Gasteiger partial charge in [-0.1, -0.05) is 19.3 Å². The molecule has 0 aromatic heterocycles. The maximum atomic E-state index is 13.4. The summed E-state index contributed by atoms with van der Waals surface area (Å²) in [4.78, 5) is 0. The van der Waals surface area contributed by atoms with E-state index in [2.05, 4.69) is 5.32 Å². The van der Waals surface area contributed by atoms with E-state index in [1.54, 1.807) is 0 Å². The Morgan fingerprint density at radius 3 is 2.61 bits per heavy atom. The second-order valence-electron chi connectivity index (χ2n) is 5.12. The molecule has 0 bridgehead atoms. The molecule has 0 spiro atoms. The lowest BCUT2D eigenvalue weighted by molar-refractivity contribution is 0.00462. The summed E-state index contributed by atoms with van der Waals surface area (Å²) in [6.45, 7) is 0.675. The molecule has 0 radical (unpaired) electrons. The highest BCUT2D eigenvalue weighted by Gasteiger charge is 2.28. The van der Waals surface area contributed by atoms with Crippen LogP contribution in [0, 0.1) is 11.6 Å². The zero-order valence-corrected chi connectivity index (χ0v) is 10.4. The molecule has 2 N–H and O–H groups in total. The van der Waals surface area contributed by atoms with Crippen LogP contribution in [0.2, 0.25) is 0 Å². The molecule has 1 saturated carbocycles. The molecule has 4 heteroatoms. The molecule has 1 aliphatic rings. The molecule has 0 amide bonds. The topological polar surface area (TPSA) is 32.3 Å². The van der Waals surface area contributed by atoms with Crippen LogP contribution in [-0.2, 0) is 6.54 Å². The number of halogens is 2. The van der Waals surface area contributed by atoms with Crippen molar-refractivity contribution < 1.29 is 13.9 Å². The van der Waals surface area contributed by atoms with Crippen LogP contribution in [0.5, 0.6) is 0 Å². The average molecular weight is 255 g/mol. The van der Waals surface area contributed by atoms with Gasteiger partial charge in [-0.05, 0) is 31.0 Å². The molecule has 2 rings (SSSR count). The Morgan fingerprint density at radius 2 is 1.89 bits per heavy atom. The average Bonchev–Trinajstić information content (AvgIpc) is 2.34. The number of benzene rings is 1. The monoisotopic (exact) mass is 255 g/mol. The van der Waals surface area contributed by atoms with Gasteiger partial charge >= 0.3 is 0 Å². The third-order valence-corrected chi connectivity index (χ3v) is 3.56. The maximum Gasteiger partial charge on any atom is 0.127 e. The summed E-state index contributed by atoms with van der Waals surface area (Å²) in [7, 11) is 0. The number of rotatable bonds is 4. The predicted molar refractivity (Wildman–Crippen MR) is 66.1 cm³/mol. The van der Waals surface area contributed by atoms with E-state index in [0.29, 0.717) is 12.1 Å². The van der Waals surface area contributed by atoms with Crippen molar-refractivity contribution in [3.05, 3.63) is 35.4 Å². The molecule has 18 heavy (non-hydrogen) atoms. The minimum atomic E-state index is -0.679. The van der Waals surface area contributed by atoms with Crippen molar-refractivity contribution in [3.8, 4) is 0 Å². The van der Waals surface area contributed by atoms with Gasteiger partial charge in [0.2, 0.25) is 0 Å². The number of hydrogen-bond acceptors (Lipinski definition) is 2. The van der Waals surface area contributed by atoms with Gasteiger partial charge in [0.25, 0.3) is 0 Å². The van der Waals surface area contributed by atoms with Gasteiger partial charge in [0.1, 0.15) is 11.6 Å². The van der Waals surface area contributed by atoms with Crippen molar-refractivity contribution in [2.24, 2.45) is 0 Å². The summed E-state index contributed by atoms with van der Waals surface area (Å²) in [5.74, 6) is -0.857. The Kier molecular flexibility index (Phi) is 4.30. The molecule has 100 valence electrons. The van der Waals surface area contributed by atoms with Gasteiger partial charge in [0, 0.05) is 18.7 Å². The minimum absolute atomic E-state index is 0.242. The van der Waals surface area contributed by atoms with Crippen LogP contribution in [0.1, 0.15) is 37.7 Å². The summed E-state index contributed by atoms with van der Waals surface area (Å²) in [6, 6.07) is 3.42. The van der Waals surface area contributed by atoms with Gasteiger partial charge < -0.3 is 10.4 Å². The van der Waals surface area contributed by atoms with Crippen molar-refractivity contribution in [1.29, 1.82) is 0 Å². The molecular weight excluding hydrogens is 236 g/mol. The molecule has 2 nitrogen and oxygen atoms in total. The fourth-order valence-electron chi connectivity index (χ4n) is 2.50. The molecular formula is C14H19F2NO. The summed E-state index contributed by atoms with van der Waals surface area (Å²) in [6.07, 6.45) is 4.80. The first-order valence-electron chi connectivity index (χ1n) is 6.46. The largest absolute Gasteiger partial charge is 0.389 e. The number of hydrogen-bond donors (Lipinski definition) is 2. The lowest BCUT2D eigenvalue weighted by atomic mass is 9.85. The Balaban J connectivity index is 1.86.